The molecule has 2 aromatic rings. The number of rotatable bonds is 9. The predicted molar refractivity (Wildman–Crippen MR) is 126 cm³/mol. The van der Waals surface area contributed by atoms with E-state index in [1.165, 1.54) is 0 Å². The van der Waals surface area contributed by atoms with E-state index in [-0.39, 0.29) is 30.8 Å². The van der Waals surface area contributed by atoms with Crippen molar-refractivity contribution < 1.29 is 24.2 Å². The molecule has 7 nitrogen and oxygen atoms in total. The molecule has 2 amide bonds. The number of amides is 2. The van der Waals surface area contributed by atoms with Gasteiger partial charge in [0.15, 0.2) is 0 Å². The quantitative estimate of drug-likeness (QED) is 0.530. The van der Waals surface area contributed by atoms with Gasteiger partial charge in [-0.05, 0) is 42.0 Å². The second-order valence-corrected chi connectivity index (χ2v) is 9.01. The fourth-order valence-corrected chi connectivity index (χ4v) is 4.10. The van der Waals surface area contributed by atoms with Crippen molar-refractivity contribution in [2.24, 2.45) is 11.8 Å². The number of alkyl carbamates (subject to hydrolysis) is 1. The van der Waals surface area contributed by atoms with Gasteiger partial charge in [0.2, 0.25) is 5.91 Å². The molecule has 1 aliphatic rings. The molecule has 1 aliphatic carbocycles. The van der Waals surface area contributed by atoms with Crippen LogP contribution in [0.25, 0.3) is 11.1 Å². The van der Waals surface area contributed by atoms with Crippen molar-refractivity contribution in [3.8, 4) is 11.1 Å². The fraction of sp³-hybridized carbons (Fsp3) is 0.423. The molecule has 3 rings (SSSR count). The average Bonchev–Trinajstić information content (AvgIpc) is 3.10. The molecule has 0 fully saturated rings. The molecule has 0 saturated carbocycles. The van der Waals surface area contributed by atoms with Crippen LogP contribution in [0.3, 0.4) is 0 Å². The van der Waals surface area contributed by atoms with Gasteiger partial charge in [0.05, 0.1) is 5.92 Å². The maximum absolute atomic E-state index is 12.6. The molecule has 0 aliphatic heterocycles. The van der Waals surface area contributed by atoms with Crippen LogP contribution in [0.5, 0.6) is 0 Å². The Kier molecular flexibility index (Phi) is 7.74. The zero-order valence-electron chi connectivity index (χ0n) is 19.5. The lowest BCUT2D eigenvalue weighted by Gasteiger charge is -2.24. The van der Waals surface area contributed by atoms with Gasteiger partial charge in [0, 0.05) is 24.4 Å². The molecule has 0 radical (unpaired) electrons. The summed E-state index contributed by atoms with van der Waals surface area (Å²) in [7, 11) is 0. The maximum Gasteiger partial charge on any atom is 0.407 e. The molecule has 33 heavy (non-hydrogen) atoms. The predicted octanol–water partition coefficient (Wildman–Crippen LogP) is 4.17. The molecule has 7 heteroatoms. The Morgan fingerprint density at radius 3 is 1.97 bits per heavy atom. The molecule has 2 aromatic carbocycles. The standard InChI is InChI=1S/C26H32N2O5/c1-15(2)23(13-24(29)27-17(4)16(3)25(30)31)28-26(32)33-14-22-20-11-7-5-9-18(20)19-10-6-8-12-21(19)22/h5-12,15-17,22-23H,13-14H2,1-4H3,(H,27,29)(H,28,32)(H,30,31)/t16?,17?,23-/m0/s1. The van der Waals surface area contributed by atoms with Crippen molar-refractivity contribution in [3.63, 3.8) is 0 Å². The second-order valence-electron chi connectivity index (χ2n) is 9.01. The highest BCUT2D eigenvalue weighted by atomic mass is 16.5. The summed E-state index contributed by atoms with van der Waals surface area (Å²) in [6, 6.07) is 15.3. The van der Waals surface area contributed by atoms with E-state index in [2.05, 4.69) is 34.9 Å². The third kappa shape index (κ3) is 5.72. The van der Waals surface area contributed by atoms with E-state index >= 15 is 0 Å². The first-order chi connectivity index (χ1) is 15.7. The number of carbonyl (C=O) groups excluding carboxylic acids is 2. The Morgan fingerprint density at radius 1 is 0.909 bits per heavy atom. The van der Waals surface area contributed by atoms with E-state index in [4.69, 9.17) is 9.84 Å². The number of carboxylic acids is 1. The van der Waals surface area contributed by atoms with E-state index in [9.17, 15) is 14.4 Å². The minimum atomic E-state index is -0.972. The van der Waals surface area contributed by atoms with Gasteiger partial charge in [-0.25, -0.2) is 4.79 Å². The Labute approximate surface area is 194 Å². The normalized spacial score (nSPS) is 15.2. The highest BCUT2D eigenvalue weighted by Crippen LogP contribution is 2.44. The molecular weight excluding hydrogens is 420 g/mol. The molecule has 0 saturated heterocycles. The Hall–Kier alpha value is -3.35. The summed E-state index contributed by atoms with van der Waals surface area (Å²) in [4.78, 5) is 36.1. The van der Waals surface area contributed by atoms with Crippen LogP contribution in [-0.4, -0.2) is 41.8 Å². The minimum Gasteiger partial charge on any atom is -0.481 e. The van der Waals surface area contributed by atoms with E-state index in [1.807, 2.05) is 38.1 Å². The van der Waals surface area contributed by atoms with Crippen LogP contribution >= 0.6 is 0 Å². The minimum absolute atomic E-state index is 0.0107. The van der Waals surface area contributed by atoms with Gasteiger partial charge in [-0.2, -0.15) is 0 Å². The second kappa shape index (κ2) is 10.5. The van der Waals surface area contributed by atoms with Crippen molar-refractivity contribution in [2.45, 2.75) is 52.1 Å². The first-order valence-electron chi connectivity index (χ1n) is 11.3. The molecule has 0 spiro atoms. The third-order valence-corrected chi connectivity index (χ3v) is 6.39. The van der Waals surface area contributed by atoms with E-state index in [1.54, 1.807) is 13.8 Å². The van der Waals surface area contributed by atoms with E-state index in [0.29, 0.717) is 0 Å². The van der Waals surface area contributed by atoms with Crippen molar-refractivity contribution in [3.05, 3.63) is 59.7 Å². The van der Waals surface area contributed by atoms with Crippen LogP contribution in [0.2, 0.25) is 0 Å². The fourth-order valence-electron chi connectivity index (χ4n) is 4.10. The smallest absolute Gasteiger partial charge is 0.407 e. The van der Waals surface area contributed by atoms with Crippen LogP contribution in [0.15, 0.2) is 48.5 Å². The number of carboxylic acid groups (broad SMARTS) is 1. The lowest BCUT2D eigenvalue weighted by molar-refractivity contribution is -0.142. The van der Waals surface area contributed by atoms with Gasteiger partial charge in [-0.15, -0.1) is 0 Å². The van der Waals surface area contributed by atoms with E-state index in [0.717, 1.165) is 22.3 Å². The van der Waals surface area contributed by atoms with Crippen LogP contribution in [0.1, 0.15) is 51.2 Å². The summed E-state index contributed by atoms with van der Waals surface area (Å²) in [6.07, 6.45) is -0.534. The molecule has 0 heterocycles. The van der Waals surface area contributed by atoms with Gasteiger partial charge in [-0.3, -0.25) is 9.59 Å². The largest absolute Gasteiger partial charge is 0.481 e. The Balaban J connectivity index is 1.59. The Bertz CT molecular complexity index is 974. The molecule has 176 valence electrons. The van der Waals surface area contributed by atoms with Gasteiger partial charge in [0.25, 0.3) is 0 Å². The third-order valence-electron chi connectivity index (χ3n) is 6.39. The molecule has 2 unspecified atom stereocenters. The number of aliphatic carboxylic acids is 1. The molecular formula is C26H32N2O5. The highest BCUT2D eigenvalue weighted by molar-refractivity contribution is 5.80. The number of hydrogen-bond acceptors (Lipinski definition) is 4. The summed E-state index contributed by atoms with van der Waals surface area (Å²) >= 11 is 0. The van der Waals surface area contributed by atoms with Crippen molar-refractivity contribution in [2.75, 3.05) is 6.61 Å². The maximum atomic E-state index is 12.6. The Morgan fingerprint density at radius 2 is 1.45 bits per heavy atom. The number of ether oxygens (including phenoxy) is 1. The highest BCUT2D eigenvalue weighted by Gasteiger charge is 2.30. The van der Waals surface area contributed by atoms with Gasteiger partial charge < -0.3 is 20.5 Å². The topological polar surface area (TPSA) is 105 Å². The number of fused-ring (bicyclic) bond motifs is 3. The number of hydrogen-bond donors (Lipinski definition) is 3. The average molecular weight is 453 g/mol. The SMILES string of the molecule is CC(NC(=O)C[C@H](NC(=O)OCC1c2ccccc2-c2ccccc21)C(C)C)C(C)C(=O)O. The summed E-state index contributed by atoms with van der Waals surface area (Å²) < 4.78 is 5.59. The van der Waals surface area contributed by atoms with Crippen LogP contribution in [-0.2, 0) is 14.3 Å². The molecule has 3 atom stereocenters. The summed E-state index contributed by atoms with van der Waals surface area (Å²) in [5.74, 6) is -2.04. The van der Waals surface area contributed by atoms with Crippen molar-refractivity contribution in [1.82, 2.24) is 10.6 Å². The molecule has 0 aromatic heterocycles. The van der Waals surface area contributed by atoms with Crippen molar-refractivity contribution >= 4 is 18.0 Å². The van der Waals surface area contributed by atoms with Crippen LogP contribution in [0, 0.1) is 11.8 Å². The lowest BCUT2D eigenvalue weighted by atomic mass is 9.98. The lowest BCUT2D eigenvalue weighted by Crippen LogP contribution is -2.46. The van der Waals surface area contributed by atoms with Crippen LogP contribution in [0.4, 0.5) is 4.79 Å². The van der Waals surface area contributed by atoms with Gasteiger partial charge >= 0.3 is 12.1 Å². The molecule has 0 bridgehead atoms. The van der Waals surface area contributed by atoms with Gasteiger partial charge in [0.1, 0.15) is 6.61 Å². The zero-order valence-corrected chi connectivity index (χ0v) is 19.5. The number of benzene rings is 2. The monoisotopic (exact) mass is 452 g/mol. The van der Waals surface area contributed by atoms with E-state index < -0.39 is 30.1 Å². The van der Waals surface area contributed by atoms with Crippen molar-refractivity contribution in [1.29, 1.82) is 0 Å². The zero-order chi connectivity index (χ0) is 24.1. The summed E-state index contributed by atoms with van der Waals surface area (Å²) in [6.45, 7) is 7.21. The van der Waals surface area contributed by atoms with Crippen LogP contribution < -0.4 is 10.6 Å². The first-order valence-corrected chi connectivity index (χ1v) is 11.3. The summed E-state index contributed by atoms with van der Waals surface area (Å²) in [5, 5.41) is 14.6. The first kappa shape index (κ1) is 24.3. The summed E-state index contributed by atoms with van der Waals surface area (Å²) in [5.41, 5.74) is 4.58. The number of nitrogens with one attached hydrogen (secondary N) is 2. The van der Waals surface area contributed by atoms with Gasteiger partial charge in [-0.1, -0.05) is 62.4 Å². The number of carbonyl (C=O) groups is 3. The molecule has 3 N–H and O–H groups in total.